The summed E-state index contributed by atoms with van der Waals surface area (Å²) >= 11 is 0. The van der Waals surface area contributed by atoms with Gasteiger partial charge in [-0.1, -0.05) is 29.8 Å². The molecule has 140 valence electrons. The molecule has 1 aliphatic rings. The first kappa shape index (κ1) is 17.7. The fourth-order valence-electron chi connectivity index (χ4n) is 3.14. The number of hydrogen-bond acceptors (Lipinski definition) is 4. The number of aryl methyl sites for hydroxylation is 1. The van der Waals surface area contributed by atoms with Crippen LogP contribution in [-0.2, 0) is 10.0 Å². The lowest BCUT2D eigenvalue weighted by Gasteiger charge is -2.19. The fourth-order valence-corrected chi connectivity index (χ4v) is 4.46. The summed E-state index contributed by atoms with van der Waals surface area (Å²) < 4.78 is 28.7. The van der Waals surface area contributed by atoms with Gasteiger partial charge in [-0.25, -0.2) is 13.1 Å². The van der Waals surface area contributed by atoms with E-state index in [0.29, 0.717) is 5.52 Å². The molecule has 1 unspecified atom stereocenters. The number of aromatic amines is 2. The predicted molar refractivity (Wildman–Crippen MR) is 102 cm³/mol. The molecule has 0 radical (unpaired) electrons. The largest absolute Gasteiger partial charge is 0.316 e. The van der Waals surface area contributed by atoms with Gasteiger partial charge in [0.05, 0.1) is 15.9 Å². The van der Waals surface area contributed by atoms with Gasteiger partial charge in [-0.15, -0.1) is 0 Å². The Morgan fingerprint density at radius 3 is 2.22 bits per heavy atom. The third kappa shape index (κ3) is 3.58. The van der Waals surface area contributed by atoms with Gasteiger partial charge in [0.2, 0.25) is 10.0 Å². The van der Waals surface area contributed by atoms with Crippen molar-refractivity contribution in [2.45, 2.75) is 30.7 Å². The first-order chi connectivity index (χ1) is 12.8. The Morgan fingerprint density at radius 1 is 0.963 bits per heavy atom. The van der Waals surface area contributed by atoms with Crippen LogP contribution in [0.1, 0.15) is 30.0 Å². The predicted octanol–water partition coefficient (Wildman–Crippen LogP) is 1.95. The van der Waals surface area contributed by atoms with E-state index in [1.54, 1.807) is 0 Å². The molecule has 3 N–H and O–H groups in total. The number of rotatable bonds is 5. The lowest BCUT2D eigenvalue weighted by atomic mass is 10.0. The minimum atomic E-state index is -3.80. The summed E-state index contributed by atoms with van der Waals surface area (Å²) in [7, 11) is -3.80. The molecule has 0 amide bonds. The van der Waals surface area contributed by atoms with Crippen molar-refractivity contribution in [3.8, 4) is 0 Å². The normalized spacial score (nSPS) is 15.7. The second kappa shape index (κ2) is 6.47. The summed E-state index contributed by atoms with van der Waals surface area (Å²) in [5.74, 6) is 0.277. The Morgan fingerprint density at radius 2 is 1.59 bits per heavy atom. The SMILES string of the molecule is Cc1ccc(C(NS(=O)(=O)c2ccc3[nH]c(=O)c(=O)[nH]c3c2)C2CC2)cc1. The van der Waals surface area contributed by atoms with Crippen molar-refractivity contribution in [3.05, 3.63) is 74.3 Å². The van der Waals surface area contributed by atoms with Crippen molar-refractivity contribution in [2.75, 3.05) is 0 Å². The maximum Gasteiger partial charge on any atom is 0.314 e. The van der Waals surface area contributed by atoms with E-state index < -0.39 is 21.1 Å². The first-order valence-electron chi connectivity index (χ1n) is 8.69. The van der Waals surface area contributed by atoms with E-state index >= 15 is 0 Å². The molecule has 1 heterocycles. The highest BCUT2D eigenvalue weighted by molar-refractivity contribution is 7.89. The monoisotopic (exact) mass is 385 g/mol. The molecule has 1 fully saturated rings. The topological polar surface area (TPSA) is 112 Å². The van der Waals surface area contributed by atoms with Gasteiger partial charge >= 0.3 is 11.1 Å². The van der Waals surface area contributed by atoms with Crippen molar-refractivity contribution < 1.29 is 8.42 Å². The third-order valence-corrected chi connectivity index (χ3v) is 6.25. The lowest BCUT2D eigenvalue weighted by molar-refractivity contribution is 0.529. The maximum absolute atomic E-state index is 12.9. The molecule has 3 aromatic rings. The van der Waals surface area contributed by atoms with Crippen LogP contribution in [0.3, 0.4) is 0 Å². The van der Waals surface area contributed by atoms with Gasteiger partial charge in [0, 0.05) is 6.04 Å². The van der Waals surface area contributed by atoms with E-state index in [9.17, 15) is 18.0 Å². The number of sulfonamides is 1. The number of benzene rings is 2. The molecule has 0 bridgehead atoms. The average molecular weight is 385 g/mol. The van der Waals surface area contributed by atoms with Gasteiger partial charge in [-0.3, -0.25) is 9.59 Å². The quantitative estimate of drug-likeness (QED) is 0.583. The summed E-state index contributed by atoms with van der Waals surface area (Å²) in [4.78, 5) is 27.8. The lowest BCUT2D eigenvalue weighted by Crippen LogP contribution is -2.31. The van der Waals surface area contributed by atoms with E-state index in [1.807, 2.05) is 31.2 Å². The molecule has 4 rings (SSSR count). The van der Waals surface area contributed by atoms with E-state index in [1.165, 1.54) is 18.2 Å². The van der Waals surface area contributed by atoms with Crippen molar-refractivity contribution >= 4 is 21.1 Å². The molecule has 7 nitrogen and oxygen atoms in total. The van der Waals surface area contributed by atoms with Crippen LogP contribution in [-0.4, -0.2) is 18.4 Å². The van der Waals surface area contributed by atoms with Crippen LogP contribution < -0.4 is 15.8 Å². The number of H-pyrrole nitrogens is 2. The molecular weight excluding hydrogens is 366 g/mol. The highest BCUT2D eigenvalue weighted by Gasteiger charge is 2.35. The molecule has 0 saturated heterocycles. The molecule has 0 spiro atoms. The molecule has 1 saturated carbocycles. The van der Waals surface area contributed by atoms with Gasteiger partial charge in [0.25, 0.3) is 0 Å². The summed E-state index contributed by atoms with van der Waals surface area (Å²) in [5, 5.41) is 0. The van der Waals surface area contributed by atoms with Crippen molar-refractivity contribution in [3.63, 3.8) is 0 Å². The Balaban J connectivity index is 1.70. The van der Waals surface area contributed by atoms with E-state index in [0.717, 1.165) is 24.0 Å². The Labute approximate surface area is 155 Å². The van der Waals surface area contributed by atoms with Crippen LogP contribution in [0.2, 0.25) is 0 Å². The highest BCUT2D eigenvalue weighted by Crippen LogP contribution is 2.41. The molecule has 27 heavy (non-hydrogen) atoms. The third-order valence-electron chi connectivity index (χ3n) is 4.82. The molecule has 8 heteroatoms. The van der Waals surface area contributed by atoms with E-state index in [2.05, 4.69) is 14.7 Å². The average Bonchev–Trinajstić information content (AvgIpc) is 3.46. The zero-order valence-electron chi connectivity index (χ0n) is 14.7. The maximum atomic E-state index is 12.9. The Hall–Kier alpha value is -2.71. The summed E-state index contributed by atoms with van der Waals surface area (Å²) in [5.41, 5.74) is 1.09. The number of hydrogen-bond donors (Lipinski definition) is 3. The molecule has 1 atom stereocenters. The smallest absolute Gasteiger partial charge is 0.314 e. The van der Waals surface area contributed by atoms with Crippen LogP contribution in [0.25, 0.3) is 11.0 Å². The summed E-state index contributed by atoms with van der Waals surface area (Å²) in [6.45, 7) is 1.99. The van der Waals surface area contributed by atoms with Crippen LogP contribution in [0.5, 0.6) is 0 Å². The van der Waals surface area contributed by atoms with Crippen LogP contribution in [0, 0.1) is 12.8 Å². The van der Waals surface area contributed by atoms with Crippen molar-refractivity contribution in [1.82, 2.24) is 14.7 Å². The van der Waals surface area contributed by atoms with Gasteiger partial charge in [-0.05, 0) is 49.4 Å². The minimum Gasteiger partial charge on any atom is -0.316 e. The number of nitrogens with one attached hydrogen (secondary N) is 3. The highest BCUT2D eigenvalue weighted by atomic mass is 32.2. The standard InChI is InChI=1S/C19H19N3O4S/c1-11-2-4-12(5-3-11)17(13-6-7-13)22-27(25,26)14-8-9-15-16(10-14)21-19(24)18(23)20-15/h2-5,8-10,13,17,22H,6-7H2,1H3,(H,20,23)(H,21,24). The Bertz CT molecular complexity index is 1220. The summed E-state index contributed by atoms with van der Waals surface area (Å²) in [6.07, 6.45) is 1.96. The second-order valence-electron chi connectivity index (χ2n) is 6.96. The number of fused-ring (bicyclic) bond motifs is 1. The van der Waals surface area contributed by atoms with Crippen molar-refractivity contribution in [1.29, 1.82) is 0 Å². The van der Waals surface area contributed by atoms with Crippen LogP contribution in [0.15, 0.2) is 56.9 Å². The number of aromatic nitrogens is 2. The second-order valence-corrected chi connectivity index (χ2v) is 8.68. The van der Waals surface area contributed by atoms with Gasteiger partial charge in [-0.2, -0.15) is 0 Å². The zero-order chi connectivity index (χ0) is 19.2. The fraction of sp³-hybridized carbons (Fsp3) is 0.263. The van der Waals surface area contributed by atoms with E-state index in [4.69, 9.17) is 0 Å². The molecule has 1 aliphatic carbocycles. The molecule has 1 aromatic heterocycles. The van der Waals surface area contributed by atoms with Gasteiger partial charge in [0.1, 0.15) is 0 Å². The van der Waals surface area contributed by atoms with Gasteiger partial charge in [0.15, 0.2) is 0 Å². The minimum absolute atomic E-state index is 0.0375. The molecule has 2 aromatic carbocycles. The summed E-state index contributed by atoms with van der Waals surface area (Å²) in [6, 6.07) is 11.8. The molecular formula is C19H19N3O4S. The van der Waals surface area contributed by atoms with Crippen molar-refractivity contribution in [2.24, 2.45) is 5.92 Å². The van der Waals surface area contributed by atoms with Crippen LogP contribution in [0.4, 0.5) is 0 Å². The Kier molecular flexibility index (Phi) is 4.24. The zero-order valence-corrected chi connectivity index (χ0v) is 15.5. The van der Waals surface area contributed by atoms with E-state index in [-0.39, 0.29) is 22.4 Å². The molecule has 0 aliphatic heterocycles. The van der Waals surface area contributed by atoms with Crippen LogP contribution >= 0.6 is 0 Å². The first-order valence-corrected chi connectivity index (χ1v) is 10.2. The van der Waals surface area contributed by atoms with Gasteiger partial charge < -0.3 is 9.97 Å².